The van der Waals surface area contributed by atoms with Crippen LogP contribution < -0.4 is 0 Å². The maximum Gasteiger partial charge on any atom is 0.158 e. The lowest BCUT2D eigenvalue weighted by Gasteiger charge is -2.22. The summed E-state index contributed by atoms with van der Waals surface area (Å²) in [5.41, 5.74) is 17.6. The van der Waals surface area contributed by atoms with Gasteiger partial charge in [-0.3, -0.25) is 4.79 Å². The first-order valence-electron chi connectivity index (χ1n) is 6.84. The number of nitrogens with zero attached hydrogens (tertiary/aromatic N) is 6. The average Bonchev–Trinajstić information content (AvgIpc) is 2.46. The van der Waals surface area contributed by atoms with Crippen molar-refractivity contribution >= 4 is 5.78 Å². The SMILES string of the molecule is CC1CCC(=O)C(=CC2=CCC(N=[N+]=[N-])(N=[N+]=[N-])C=C2)C1. The van der Waals surface area contributed by atoms with Gasteiger partial charge in [0.25, 0.3) is 0 Å². The first-order chi connectivity index (χ1) is 10.1. The van der Waals surface area contributed by atoms with Crippen molar-refractivity contribution in [1.82, 2.24) is 0 Å². The van der Waals surface area contributed by atoms with E-state index in [0.29, 0.717) is 18.8 Å². The molecule has 2 aliphatic rings. The molecule has 0 heterocycles. The normalized spacial score (nSPS) is 30.3. The monoisotopic (exact) mass is 284 g/mol. The second-order valence-corrected chi connectivity index (χ2v) is 5.44. The Hall–Kier alpha value is -2.49. The largest absolute Gasteiger partial charge is 0.295 e. The molecule has 1 fully saturated rings. The van der Waals surface area contributed by atoms with Crippen molar-refractivity contribution in [3.63, 3.8) is 0 Å². The third-order valence-electron chi connectivity index (χ3n) is 3.75. The topological polar surface area (TPSA) is 115 Å². The zero-order valence-corrected chi connectivity index (χ0v) is 11.8. The Kier molecular flexibility index (Phi) is 4.48. The van der Waals surface area contributed by atoms with E-state index < -0.39 is 5.66 Å². The van der Waals surface area contributed by atoms with Crippen LogP contribution in [-0.4, -0.2) is 11.4 Å². The van der Waals surface area contributed by atoms with Crippen molar-refractivity contribution in [3.05, 3.63) is 56.3 Å². The van der Waals surface area contributed by atoms with Gasteiger partial charge in [0.2, 0.25) is 0 Å². The number of ketones is 1. The fraction of sp³-hybridized carbons (Fsp3) is 0.500. The van der Waals surface area contributed by atoms with Gasteiger partial charge in [-0.25, -0.2) is 0 Å². The molecule has 2 rings (SSSR count). The summed E-state index contributed by atoms with van der Waals surface area (Å²) in [5.74, 6) is 0.719. The summed E-state index contributed by atoms with van der Waals surface area (Å²) in [6, 6.07) is 0. The van der Waals surface area contributed by atoms with Crippen molar-refractivity contribution in [2.45, 2.75) is 38.3 Å². The molecule has 0 radical (unpaired) electrons. The highest BCUT2D eigenvalue weighted by Crippen LogP contribution is 2.30. The Labute approximate surface area is 122 Å². The standard InChI is InChI=1S/C14H16N6O/c1-10-2-3-13(21)12(8-10)9-11-4-6-14(7-5-11,17-19-15)18-20-16/h4-6,9-10H,2-3,7-8H2,1H3. The number of hydrogen-bond donors (Lipinski definition) is 0. The first kappa shape index (κ1) is 14.9. The van der Waals surface area contributed by atoms with Crippen LogP contribution in [-0.2, 0) is 4.79 Å². The lowest BCUT2D eigenvalue weighted by atomic mass is 9.84. The van der Waals surface area contributed by atoms with Crippen LogP contribution in [0.5, 0.6) is 0 Å². The van der Waals surface area contributed by atoms with Gasteiger partial charge >= 0.3 is 0 Å². The summed E-state index contributed by atoms with van der Waals surface area (Å²) in [6.07, 6.45) is 9.64. The summed E-state index contributed by atoms with van der Waals surface area (Å²) in [7, 11) is 0. The number of rotatable bonds is 3. The van der Waals surface area contributed by atoms with E-state index in [0.717, 1.165) is 24.0 Å². The zero-order valence-electron chi connectivity index (χ0n) is 11.8. The van der Waals surface area contributed by atoms with E-state index in [9.17, 15) is 4.79 Å². The summed E-state index contributed by atoms with van der Waals surface area (Å²) in [6.45, 7) is 2.14. The minimum atomic E-state index is -1.21. The lowest BCUT2D eigenvalue weighted by Crippen LogP contribution is -2.20. The minimum absolute atomic E-state index is 0.198. The molecular weight excluding hydrogens is 268 g/mol. The van der Waals surface area contributed by atoms with Crippen LogP contribution in [0.4, 0.5) is 0 Å². The maximum absolute atomic E-state index is 11.9. The van der Waals surface area contributed by atoms with Crippen LogP contribution in [0.15, 0.2) is 45.7 Å². The number of carbonyl (C=O) groups is 1. The van der Waals surface area contributed by atoms with Crippen molar-refractivity contribution in [3.8, 4) is 0 Å². The summed E-state index contributed by atoms with van der Waals surface area (Å²) in [4.78, 5) is 17.3. The Balaban J connectivity index is 2.20. The third-order valence-corrected chi connectivity index (χ3v) is 3.75. The smallest absolute Gasteiger partial charge is 0.158 e. The van der Waals surface area contributed by atoms with Crippen molar-refractivity contribution in [1.29, 1.82) is 0 Å². The van der Waals surface area contributed by atoms with Gasteiger partial charge in [-0.05, 0) is 53.5 Å². The number of allylic oxidation sites excluding steroid dienone is 4. The van der Waals surface area contributed by atoms with Crippen LogP contribution >= 0.6 is 0 Å². The molecule has 2 aliphatic carbocycles. The lowest BCUT2D eigenvalue weighted by molar-refractivity contribution is -0.116. The molecule has 7 nitrogen and oxygen atoms in total. The Morgan fingerprint density at radius 2 is 2.10 bits per heavy atom. The number of hydrogen-bond acceptors (Lipinski definition) is 3. The molecule has 0 aliphatic heterocycles. The molecule has 1 unspecified atom stereocenters. The van der Waals surface area contributed by atoms with Gasteiger partial charge in [-0.2, -0.15) is 0 Å². The minimum Gasteiger partial charge on any atom is -0.295 e. The summed E-state index contributed by atoms with van der Waals surface area (Å²) in [5, 5.41) is 7.11. The molecular formula is C14H16N6O. The highest BCUT2D eigenvalue weighted by atomic mass is 16.1. The third kappa shape index (κ3) is 3.54. The van der Waals surface area contributed by atoms with E-state index in [2.05, 4.69) is 27.0 Å². The molecule has 0 saturated heterocycles. The number of carbonyl (C=O) groups excluding carboxylic acids is 1. The zero-order chi connectivity index (χ0) is 15.3. The van der Waals surface area contributed by atoms with Crippen molar-refractivity contribution in [2.75, 3.05) is 0 Å². The second kappa shape index (κ2) is 6.31. The molecule has 0 aromatic carbocycles. The summed E-state index contributed by atoms with van der Waals surface area (Å²) < 4.78 is 0. The van der Waals surface area contributed by atoms with E-state index >= 15 is 0 Å². The van der Waals surface area contributed by atoms with E-state index in [1.807, 2.05) is 12.2 Å². The molecule has 0 bridgehead atoms. The predicted molar refractivity (Wildman–Crippen MR) is 79.0 cm³/mol. The van der Waals surface area contributed by atoms with Gasteiger partial charge in [0.05, 0.1) is 0 Å². The Morgan fingerprint density at radius 1 is 1.38 bits per heavy atom. The van der Waals surface area contributed by atoms with Gasteiger partial charge in [0.15, 0.2) is 5.78 Å². The fourth-order valence-electron chi connectivity index (χ4n) is 2.53. The summed E-state index contributed by atoms with van der Waals surface area (Å²) >= 11 is 0. The van der Waals surface area contributed by atoms with E-state index in [-0.39, 0.29) is 5.78 Å². The maximum atomic E-state index is 11.9. The molecule has 0 amide bonds. The quantitative estimate of drug-likeness (QED) is 0.322. The highest BCUT2D eigenvalue weighted by molar-refractivity contribution is 5.96. The van der Waals surface area contributed by atoms with Crippen LogP contribution in [0.25, 0.3) is 20.9 Å². The molecule has 0 spiro atoms. The molecule has 21 heavy (non-hydrogen) atoms. The molecule has 0 N–H and O–H groups in total. The highest BCUT2D eigenvalue weighted by Gasteiger charge is 2.26. The van der Waals surface area contributed by atoms with Crippen LogP contribution in [0.1, 0.15) is 32.6 Å². The van der Waals surface area contributed by atoms with Gasteiger partial charge < -0.3 is 0 Å². The van der Waals surface area contributed by atoms with E-state index in [4.69, 9.17) is 11.1 Å². The number of Topliss-reactive ketones (excluding diaryl/α,β-unsaturated/α-hetero) is 1. The van der Waals surface area contributed by atoms with E-state index in [1.54, 1.807) is 12.2 Å². The van der Waals surface area contributed by atoms with Crippen LogP contribution in [0, 0.1) is 5.92 Å². The number of azide groups is 1. The van der Waals surface area contributed by atoms with Crippen LogP contribution in [0.2, 0.25) is 0 Å². The van der Waals surface area contributed by atoms with Crippen molar-refractivity contribution in [2.24, 2.45) is 16.1 Å². The predicted octanol–water partition coefficient (Wildman–Crippen LogP) is 4.51. The van der Waals surface area contributed by atoms with Gasteiger partial charge in [0, 0.05) is 16.2 Å². The molecule has 0 aromatic rings. The Bertz CT molecular complexity index is 614. The average molecular weight is 284 g/mol. The van der Waals surface area contributed by atoms with Crippen LogP contribution in [0.3, 0.4) is 0 Å². The van der Waals surface area contributed by atoms with Gasteiger partial charge in [0.1, 0.15) is 5.66 Å². The molecule has 1 atom stereocenters. The molecule has 108 valence electrons. The van der Waals surface area contributed by atoms with Gasteiger partial charge in [-0.15, -0.1) is 0 Å². The first-order valence-corrected chi connectivity index (χ1v) is 6.84. The molecule has 7 heteroatoms. The second-order valence-electron chi connectivity index (χ2n) is 5.44. The van der Waals surface area contributed by atoms with Crippen molar-refractivity contribution < 1.29 is 4.79 Å². The van der Waals surface area contributed by atoms with E-state index in [1.165, 1.54) is 0 Å². The van der Waals surface area contributed by atoms with Gasteiger partial charge in [-0.1, -0.05) is 35.4 Å². The molecule has 0 aromatic heterocycles. The molecule has 1 saturated carbocycles. The Morgan fingerprint density at radius 3 is 2.67 bits per heavy atom. The fourth-order valence-corrected chi connectivity index (χ4v) is 2.53.